The van der Waals surface area contributed by atoms with E-state index in [4.69, 9.17) is 4.74 Å². The quantitative estimate of drug-likeness (QED) is 0.523. The number of carbonyl (C=O) groups excluding carboxylic acids is 1. The Kier molecular flexibility index (Phi) is 6.92. The summed E-state index contributed by atoms with van der Waals surface area (Å²) in [7, 11) is 1.65. The first-order valence-electron chi connectivity index (χ1n) is 10.7. The normalized spacial score (nSPS) is 15.0. The van der Waals surface area contributed by atoms with Gasteiger partial charge in [0.25, 0.3) is 0 Å². The third-order valence-corrected chi connectivity index (χ3v) is 6.58. The highest BCUT2D eigenvalue weighted by atomic mass is 32.2. The fraction of sp³-hybridized carbons (Fsp3) is 0.375. The summed E-state index contributed by atoms with van der Waals surface area (Å²) in [5, 5.41) is 12.6. The van der Waals surface area contributed by atoms with E-state index >= 15 is 0 Å². The van der Waals surface area contributed by atoms with Crippen LogP contribution in [0.5, 0.6) is 5.75 Å². The number of nitrogens with one attached hydrogen (secondary N) is 1. The van der Waals surface area contributed by atoms with Gasteiger partial charge in [0, 0.05) is 5.69 Å². The van der Waals surface area contributed by atoms with Gasteiger partial charge in [-0.25, -0.2) is 0 Å². The monoisotopic (exact) mass is 436 g/mol. The van der Waals surface area contributed by atoms with Crippen molar-refractivity contribution in [1.82, 2.24) is 20.1 Å². The van der Waals surface area contributed by atoms with Crippen molar-refractivity contribution in [3.05, 3.63) is 66.0 Å². The molecule has 1 fully saturated rings. The van der Waals surface area contributed by atoms with Crippen LogP contribution in [-0.2, 0) is 11.3 Å². The molecule has 4 rings (SSSR count). The van der Waals surface area contributed by atoms with Gasteiger partial charge in [0.1, 0.15) is 5.75 Å². The molecule has 1 heterocycles. The summed E-state index contributed by atoms with van der Waals surface area (Å²) >= 11 is 1.52. The van der Waals surface area contributed by atoms with E-state index < -0.39 is 0 Å². The summed E-state index contributed by atoms with van der Waals surface area (Å²) in [5.41, 5.74) is 2.03. The van der Waals surface area contributed by atoms with Crippen molar-refractivity contribution in [1.29, 1.82) is 0 Å². The van der Waals surface area contributed by atoms with E-state index in [1.54, 1.807) is 7.11 Å². The fourth-order valence-corrected chi connectivity index (χ4v) is 4.92. The van der Waals surface area contributed by atoms with E-state index in [-0.39, 0.29) is 11.8 Å². The molecule has 0 unspecified atom stereocenters. The predicted molar refractivity (Wildman–Crippen MR) is 123 cm³/mol. The van der Waals surface area contributed by atoms with Crippen LogP contribution in [0.15, 0.2) is 59.8 Å². The summed E-state index contributed by atoms with van der Waals surface area (Å²) in [6, 6.07) is 17.9. The summed E-state index contributed by atoms with van der Waals surface area (Å²) in [4.78, 5) is 13.3. The molecule has 0 aliphatic heterocycles. The minimum Gasteiger partial charge on any atom is -0.497 e. The van der Waals surface area contributed by atoms with Crippen LogP contribution in [0.4, 0.5) is 0 Å². The highest BCUT2D eigenvalue weighted by molar-refractivity contribution is 7.98. The van der Waals surface area contributed by atoms with Gasteiger partial charge in [-0.3, -0.25) is 9.36 Å². The molecule has 1 saturated carbocycles. The van der Waals surface area contributed by atoms with Crippen molar-refractivity contribution >= 4 is 17.7 Å². The molecule has 0 radical (unpaired) electrons. The number of rotatable bonds is 8. The lowest BCUT2D eigenvalue weighted by molar-refractivity contribution is -0.124. The van der Waals surface area contributed by atoms with Gasteiger partial charge >= 0.3 is 0 Å². The zero-order chi connectivity index (χ0) is 21.6. The Morgan fingerprint density at radius 3 is 2.48 bits per heavy atom. The number of benzene rings is 2. The molecule has 1 N–H and O–H groups in total. The first kappa shape index (κ1) is 21.4. The Morgan fingerprint density at radius 2 is 1.84 bits per heavy atom. The highest BCUT2D eigenvalue weighted by Gasteiger charge is 2.32. The van der Waals surface area contributed by atoms with E-state index in [1.807, 2.05) is 53.3 Å². The molecule has 2 aromatic carbocycles. The van der Waals surface area contributed by atoms with Crippen LogP contribution in [0.1, 0.15) is 43.0 Å². The summed E-state index contributed by atoms with van der Waals surface area (Å²) < 4.78 is 7.25. The first-order chi connectivity index (χ1) is 15.2. The Morgan fingerprint density at radius 1 is 1.13 bits per heavy atom. The van der Waals surface area contributed by atoms with Crippen LogP contribution >= 0.6 is 11.8 Å². The van der Waals surface area contributed by atoms with E-state index in [9.17, 15) is 4.79 Å². The van der Waals surface area contributed by atoms with Crippen LogP contribution in [0.2, 0.25) is 0 Å². The molecule has 0 saturated heterocycles. The standard InChI is InChI=1S/C24H28N4O2S/c1-30-20-14-12-19(13-15-20)28-21(26-27-24(28)31-2)16-25-23(29)22(18-10-6-7-11-18)17-8-4-3-5-9-17/h3-5,8-9,12-15,18,22H,6-7,10-11,16H2,1-2H3,(H,25,29)/t22-/m1/s1. The van der Waals surface area contributed by atoms with Gasteiger partial charge in [-0.05, 0) is 54.8 Å². The summed E-state index contributed by atoms with van der Waals surface area (Å²) in [5.74, 6) is 1.83. The van der Waals surface area contributed by atoms with E-state index in [2.05, 4.69) is 27.6 Å². The molecule has 7 heteroatoms. The number of thioether (sulfide) groups is 1. The van der Waals surface area contributed by atoms with Crippen molar-refractivity contribution in [2.45, 2.75) is 43.3 Å². The average Bonchev–Trinajstić information content (AvgIpc) is 3.49. The van der Waals surface area contributed by atoms with Crippen LogP contribution in [0, 0.1) is 5.92 Å². The first-order valence-corrected chi connectivity index (χ1v) is 11.9. The van der Waals surface area contributed by atoms with Crippen molar-refractivity contribution in [3.63, 3.8) is 0 Å². The molecule has 0 spiro atoms. The van der Waals surface area contributed by atoms with Crippen molar-refractivity contribution in [2.75, 3.05) is 13.4 Å². The molecule has 1 aliphatic carbocycles. The molecular formula is C24H28N4O2S. The second-order valence-electron chi connectivity index (χ2n) is 7.79. The van der Waals surface area contributed by atoms with Gasteiger partial charge in [0.15, 0.2) is 11.0 Å². The van der Waals surface area contributed by atoms with Crippen LogP contribution in [-0.4, -0.2) is 34.0 Å². The Labute approximate surface area is 187 Å². The number of hydrogen-bond donors (Lipinski definition) is 1. The SMILES string of the molecule is COc1ccc(-n2c(CNC(=O)[C@H](c3ccccc3)C3CCCC3)nnc2SC)cc1. The molecule has 1 amide bonds. The van der Waals surface area contributed by atoms with Crippen LogP contribution < -0.4 is 10.1 Å². The zero-order valence-corrected chi connectivity index (χ0v) is 18.8. The predicted octanol–water partition coefficient (Wildman–Crippen LogP) is 4.59. The van der Waals surface area contributed by atoms with Crippen LogP contribution in [0.25, 0.3) is 5.69 Å². The third kappa shape index (κ3) is 4.77. The number of methoxy groups -OCH3 is 1. The van der Waals surface area contributed by atoms with Gasteiger partial charge in [0.2, 0.25) is 5.91 Å². The summed E-state index contributed by atoms with van der Waals surface area (Å²) in [6.07, 6.45) is 6.57. The molecular weight excluding hydrogens is 408 g/mol. The van der Waals surface area contributed by atoms with Crippen molar-refractivity contribution in [2.24, 2.45) is 5.92 Å². The lowest BCUT2D eigenvalue weighted by Gasteiger charge is -2.23. The lowest BCUT2D eigenvalue weighted by Crippen LogP contribution is -2.33. The maximum atomic E-state index is 13.3. The minimum atomic E-state index is -0.124. The molecule has 0 bridgehead atoms. The zero-order valence-electron chi connectivity index (χ0n) is 18.0. The summed E-state index contributed by atoms with van der Waals surface area (Å²) in [6.45, 7) is 0.328. The van der Waals surface area contributed by atoms with Gasteiger partial charge in [-0.1, -0.05) is 54.9 Å². The number of ether oxygens (including phenoxy) is 1. The van der Waals surface area contributed by atoms with Gasteiger partial charge in [0.05, 0.1) is 19.6 Å². The maximum absolute atomic E-state index is 13.3. The van der Waals surface area contributed by atoms with E-state index in [1.165, 1.54) is 24.6 Å². The van der Waals surface area contributed by atoms with Gasteiger partial charge in [-0.15, -0.1) is 10.2 Å². The second-order valence-corrected chi connectivity index (χ2v) is 8.56. The van der Waals surface area contributed by atoms with Crippen molar-refractivity contribution in [3.8, 4) is 11.4 Å². The Balaban J connectivity index is 1.55. The number of hydrogen-bond acceptors (Lipinski definition) is 5. The fourth-order valence-electron chi connectivity index (χ4n) is 4.40. The highest BCUT2D eigenvalue weighted by Crippen LogP contribution is 2.37. The number of carbonyl (C=O) groups is 1. The van der Waals surface area contributed by atoms with Crippen LogP contribution in [0.3, 0.4) is 0 Å². The molecule has 1 aromatic heterocycles. The minimum absolute atomic E-state index is 0.0630. The topological polar surface area (TPSA) is 69.0 Å². The molecule has 31 heavy (non-hydrogen) atoms. The van der Waals surface area contributed by atoms with Gasteiger partial charge < -0.3 is 10.1 Å². The van der Waals surface area contributed by atoms with Gasteiger partial charge in [-0.2, -0.15) is 0 Å². The molecule has 6 nitrogen and oxygen atoms in total. The largest absolute Gasteiger partial charge is 0.497 e. The Bertz CT molecular complexity index is 998. The second kappa shape index (κ2) is 10.0. The molecule has 3 aromatic rings. The van der Waals surface area contributed by atoms with E-state index in [0.29, 0.717) is 18.3 Å². The number of aromatic nitrogens is 3. The third-order valence-electron chi connectivity index (χ3n) is 5.95. The van der Waals surface area contributed by atoms with E-state index in [0.717, 1.165) is 35.0 Å². The Hall–Kier alpha value is -2.80. The molecule has 1 aliphatic rings. The lowest BCUT2D eigenvalue weighted by atomic mass is 9.84. The van der Waals surface area contributed by atoms with Crippen molar-refractivity contribution < 1.29 is 9.53 Å². The smallest absolute Gasteiger partial charge is 0.228 e. The maximum Gasteiger partial charge on any atom is 0.228 e. The average molecular weight is 437 g/mol. The number of amides is 1. The molecule has 162 valence electrons. The number of nitrogens with zero attached hydrogens (tertiary/aromatic N) is 3. The molecule has 1 atom stereocenters.